The van der Waals surface area contributed by atoms with Gasteiger partial charge in [0, 0.05) is 42.1 Å². The molecule has 0 bridgehead atoms. The summed E-state index contributed by atoms with van der Waals surface area (Å²) >= 11 is 6.00. The van der Waals surface area contributed by atoms with E-state index in [0.717, 1.165) is 19.0 Å². The molecule has 3 rings (SSSR count). The van der Waals surface area contributed by atoms with Gasteiger partial charge < -0.3 is 15.1 Å². The Morgan fingerprint density at radius 2 is 1.82 bits per heavy atom. The Labute approximate surface area is 171 Å². The summed E-state index contributed by atoms with van der Waals surface area (Å²) in [7, 11) is 0. The molecule has 1 fully saturated rings. The van der Waals surface area contributed by atoms with E-state index in [-0.39, 0.29) is 18.4 Å². The molecule has 1 saturated heterocycles. The van der Waals surface area contributed by atoms with Crippen molar-refractivity contribution in [1.29, 1.82) is 0 Å². The van der Waals surface area contributed by atoms with E-state index in [1.165, 1.54) is 30.4 Å². The third-order valence-electron chi connectivity index (χ3n) is 5.10. The molecule has 2 aromatic rings. The molecular weight excluding hydrogens is 374 g/mol. The molecule has 5 nitrogen and oxygen atoms in total. The van der Waals surface area contributed by atoms with Crippen molar-refractivity contribution in [2.45, 2.75) is 26.7 Å². The second-order valence-corrected chi connectivity index (χ2v) is 7.79. The van der Waals surface area contributed by atoms with Crippen molar-refractivity contribution in [2.24, 2.45) is 5.92 Å². The highest BCUT2D eigenvalue weighted by Crippen LogP contribution is 2.24. The lowest BCUT2D eigenvalue weighted by Gasteiger charge is -2.32. The van der Waals surface area contributed by atoms with Crippen LogP contribution in [0, 0.1) is 5.92 Å². The SMILES string of the molecule is CC(=O)N(CC(=O)Nc1ccc(N2CCC(C)CC2)cc1)c1cccc(Cl)c1. The molecule has 1 N–H and O–H groups in total. The summed E-state index contributed by atoms with van der Waals surface area (Å²) < 4.78 is 0. The number of nitrogens with zero attached hydrogens (tertiary/aromatic N) is 2. The molecular formula is C22H26ClN3O2. The predicted octanol–water partition coefficient (Wildman–Crippen LogP) is 4.57. The van der Waals surface area contributed by atoms with Gasteiger partial charge in [-0.15, -0.1) is 0 Å². The number of amides is 2. The molecule has 0 radical (unpaired) electrons. The summed E-state index contributed by atoms with van der Waals surface area (Å²) in [5.74, 6) is 0.320. The molecule has 1 heterocycles. The minimum absolute atomic E-state index is 0.0680. The standard InChI is InChI=1S/C22H26ClN3O2/c1-16-10-12-25(13-11-16)20-8-6-19(7-9-20)24-22(28)15-26(17(2)27)21-5-3-4-18(23)14-21/h3-9,14,16H,10-13,15H2,1-2H3,(H,24,28). The average Bonchev–Trinajstić information content (AvgIpc) is 2.67. The van der Waals surface area contributed by atoms with Crippen molar-refractivity contribution >= 4 is 40.5 Å². The van der Waals surface area contributed by atoms with Crippen LogP contribution < -0.4 is 15.1 Å². The molecule has 0 spiro atoms. The quantitative estimate of drug-likeness (QED) is 0.801. The minimum Gasteiger partial charge on any atom is -0.372 e. The molecule has 0 unspecified atom stereocenters. The van der Waals surface area contributed by atoms with Crippen molar-refractivity contribution in [1.82, 2.24) is 0 Å². The third kappa shape index (κ3) is 5.26. The van der Waals surface area contributed by atoms with Crippen LogP contribution in [0.25, 0.3) is 0 Å². The fourth-order valence-corrected chi connectivity index (χ4v) is 3.58. The molecule has 0 saturated carbocycles. The van der Waals surface area contributed by atoms with Gasteiger partial charge in [0.15, 0.2) is 0 Å². The Kier molecular flexibility index (Phi) is 6.57. The van der Waals surface area contributed by atoms with Crippen molar-refractivity contribution in [3.8, 4) is 0 Å². The Balaban J connectivity index is 1.61. The van der Waals surface area contributed by atoms with Gasteiger partial charge in [0.2, 0.25) is 11.8 Å². The van der Waals surface area contributed by atoms with E-state index < -0.39 is 0 Å². The van der Waals surface area contributed by atoms with Crippen LogP contribution in [0.4, 0.5) is 17.1 Å². The van der Waals surface area contributed by atoms with E-state index in [0.29, 0.717) is 16.4 Å². The lowest BCUT2D eigenvalue weighted by Crippen LogP contribution is -2.36. The average molecular weight is 400 g/mol. The van der Waals surface area contributed by atoms with E-state index in [2.05, 4.69) is 17.1 Å². The fourth-order valence-electron chi connectivity index (χ4n) is 3.39. The zero-order valence-corrected chi connectivity index (χ0v) is 17.1. The first-order valence-corrected chi connectivity index (χ1v) is 9.98. The summed E-state index contributed by atoms with van der Waals surface area (Å²) in [5, 5.41) is 3.38. The Hall–Kier alpha value is -2.53. The van der Waals surface area contributed by atoms with Crippen molar-refractivity contribution in [3.63, 3.8) is 0 Å². The lowest BCUT2D eigenvalue weighted by molar-refractivity contribution is -0.120. The van der Waals surface area contributed by atoms with E-state index in [1.807, 2.05) is 24.3 Å². The van der Waals surface area contributed by atoms with E-state index >= 15 is 0 Å². The number of piperidine rings is 1. The van der Waals surface area contributed by atoms with Gasteiger partial charge in [0.25, 0.3) is 0 Å². The van der Waals surface area contributed by atoms with Crippen LogP contribution in [0.5, 0.6) is 0 Å². The minimum atomic E-state index is -0.255. The molecule has 6 heteroatoms. The highest BCUT2D eigenvalue weighted by molar-refractivity contribution is 6.31. The summed E-state index contributed by atoms with van der Waals surface area (Å²) in [5.41, 5.74) is 2.49. The number of halogens is 1. The Morgan fingerprint density at radius 3 is 2.43 bits per heavy atom. The first kappa shape index (κ1) is 20.2. The van der Waals surface area contributed by atoms with Crippen molar-refractivity contribution in [3.05, 3.63) is 53.6 Å². The van der Waals surface area contributed by atoms with Crippen molar-refractivity contribution < 1.29 is 9.59 Å². The van der Waals surface area contributed by atoms with Gasteiger partial charge >= 0.3 is 0 Å². The lowest BCUT2D eigenvalue weighted by atomic mass is 9.99. The van der Waals surface area contributed by atoms with Crippen LogP contribution in [0.2, 0.25) is 5.02 Å². The van der Waals surface area contributed by atoms with Gasteiger partial charge in [-0.05, 0) is 61.2 Å². The number of hydrogen-bond acceptors (Lipinski definition) is 3. The van der Waals surface area contributed by atoms with Crippen LogP contribution >= 0.6 is 11.6 Å². The Bertz CT molecular complexity index is 830. The fraction of sp³-hybridized carbons (Fsp3) is 0.364. The Morgan fingerprint density at radius 1 is 1.14 bits per heavy atom. The van der Waals surface area contributed by atoms with Gasteiger partial charge in [-0.3, -0.25) is 9.59 Å². The monoisotopic (exact) mass is 399 g/mol. The summed E-state index contributed by atoms with van der Waals surface area (Å²) in [6.07, 6.45) is 2.42. The van der Waals surface area contributed by atoms with Gasteiger partial charge in [0.1, 0.15) is 6.54 Å². The third-order valence-corrected chi connectivity index (χ3v) is 5.34. The number of anilines is 3. The topological polar surface area (TPSA) is 52.7 Å². The summed E-state index contributed by atoms with van der Waals surface area (Å²) in [4.78, 5) is 28.2. The second-order valence-electron chi connectivity index (χ2n) is 7.35. The van der Waals surface area contributed by atoms with E-state index in [1.54, 1.807) is 24.3 Å². The largest absolute Gasteiger partial charge is 0.372 e. The van der Waals surface area contributed by atoms with Crippen LogP contribution in [0.15, 0.2) is 48.5 Å². The van der Waals surface area contributed by atoms with E-state index in [9.17, 15) is 9.59 Å². The van der Waals surface area contributed by atoms with Gasteiger partial charge in [-0.2, -0.15) is 0 Å². The number of benzene rings is 2. The normalized spacial score (nSPS) is 14.6. The maximum absolute atomic E-state index is 12.5. The highest BCUT2D eigenvalue weighted by atomic mass is 35.5. The molecule has 0 aliphatic carbocycles. The first-order valence-electron chi connectivity index (χ1n) is 9.61. The summed E-state index contributed by atoms with van der Waals surface area (Å²) in [6, 6.07) is 14.8. The number of nitrogens with one attached hydrogen (secondary N) is 1. The number of carbonyl (C=O) groups is 2. The number of carbonyl (C=O) groups excluding carboxylic acids is 2. The number of rotatable bonds is 5. The van der Waals surface area contributed by atoms with Gasteiger partial charge in [-0.1, -0.05) is 24.6 Å². The smallest absolute Gasteiger partial charge is 0.244 e. The summed E-state index contributed by atoms with van der Waals surface area (Å²) in [6.45, 7) is 5.80. The van der Waals surface area contributed by atoms with Crippen LogP contribution in [-0.2, 0) is 9.59 Å². The van der Waals surface area contributed by atoms with Crippen molar-refractivity contribution in [2.75, 3.05) is 34.8 Å². The number of hydrogen-bond donors (Lipinski definition) is 1. The molecule has 0 atom stereocenters. The first-order chi connectivity index (χ1) is 13.4. The maximum Gasteiger partial charge on any atom is 0.244 e. The zero-order chi connectivity index (χ0) is 20.1. The molecule has 1 aliphatic heterocycles. The second kappa shape index (κ2) is 9.11. The van der Waals surface area contributed by atoms with Crippen LogP contribution in [0.1, 0.15) is 26.7 Å². The molecule has 1 aliphatic rings. The molecule has 2 amide bonds. The predicted molar refractivity (Wildman–Crippen MR) is 115 cm³/mol. The molecule has 148 valence electrons. The van der Waals surface area contributed by atoms with Crippen LogP contribution in [-0.4, -0.2) is 31.4 Å². The molecule has 28 heavy (non-hydrogen) atoms. The van der Waals surface area contributed by atoms with Gasteiger partial charge in [-0.25, -0.2) is 0 Å². The van der Waals surface area contributed by atoms with Gasteiger partial charge in [0.05, 0.1) is 0 Å². The van der Waals surface area contributed by atoms with Crippen LogP contribution in [0.3, 0.4) is 0 Å². The highest BCUT2D eigenvalue weighted by Gasteiger charge is 2.18. The molecule has 2 aromatic carbocycles. The van der Waals surface area contributed by atoms with E-state index in [4.69, 9.17) is 11.6 Å². The zero-order valence-electron chi connectivity index (χ0n) is 16.3. The maximum atomic E-state index is 12.5. The molecule has 0 aromatic heterocycles.